The summed E-state index contributed by atoms with van der Waals surface area (Å²) in [5.74, 6) is -1.05. The molecule has 0 spiro atoms. The van der Waals surface area contributed by atoms with Crippen molar-refractivity contribution in [1.82, 2.24) is 0 Å². The average molecular weight is 279 g/mol. The zero-order valence-electron chi connectivity index (χ0n) is 10.6. The Balaban J connectivity index is 1.89. The molecule has 0 heterocycles. The Labute approximate surface area is 116 Å². The zero-order valence-corrected chi connectivity index (χ0v) is 11.4. The van der Waals surface area contributed by atoms with Gasteiger partial charge in [0.2, 0.25) is 0 Å². The molecule has 4 heteroatoms. The van der Waals surface area contributed by atoms with Gasteiger partial charge in [0.25, 0.3) is 0 Å². The van der Waals surface area contributed by atoms with E-state index in [1.165, 1.54) is 23.9 Å². The Hall–Kier alpha value is -1.55. The van der Waals surface area contributed by atoms with Crippen LogP contribution in [0.3, 0.4) is 0 Å². The molecule has 0 aliphatic rings. The van der Waals surface area contributed by atoms with Crippen molar-refractivity contribution >= 4 is 17.4 Å². The molecule has 0 aliphatic carbocycles. The molecular weight excluding hydrogens is 264 g/mol. The highest BCUT2D eigenvalue weighted by Crippen LogP contribution is 2.26. The fourth-order valence-corrected chi connectivity index (χ4v) is 2.57. The molecular formula is C15H15F2NS. The minimum absolute atomic E-state index is 0.181. The summed E-state index contributed by atoms with van der Waals surface area (Å²) in [6, 6.07) is 13.5. The maximum Gasteiger partial charge on any atom is 0.139 e. The summed E-state index contributed by atoms with van der Waals surface area (Å²) in [4.78, 5) is 0.476. The van der Waals surface area contributed by atoms with Gasteiger partial charge in [0.15, 0.2) is 0 Å². The largest absolute Gasteiger partial charge is 0.384 e. The lowest BCUT2D eigenvalue weighted by Crippen LogP contribution is -2.13. The van der Waals surface area contributed by atoms with E-state index in [2.05, 4.69) is 5.32 Å². The van der Waals surface area contributed by atoms with Crippen molar-refractivity contribution in [1.29, 1.82) is 0 Å². The van der Waals surface area contributed by atoms with Crippen LogP contribution >= 0.6 is 11.8 Å². The molecule has 0 fully saturated rings. The number of thioether (sulfide) groups is 1. The van der Waals surface area contributed by atoms with Crippen LogP contribution in [-0.2, 0) is 0 Å². The average Bonchev–Trinajstić information content (AvgIpc) is 2.41. The van der Waals surface area contributed by atoms with E-state index in [1.807, 2.05) is 37.3 Å². The molecule has 2 aromatic carbocycles. The fraction of sp³-hybridized carbons (Fsp3) is 0.200. The molecule has 2 aromatic rings. The number of nitrogens with one attached hydrogen (secondary N) is 1. The highest BCUT2D eigenvalue weighted by molar-refractivity contribution is 8.00. The van der Waals surface area contributed by atoms with Gasteiger partial charge in [-0.05, 0) is 24.3 Å². The van der Waals surface area contributed by atoms with Crippen LogP contribution in [0.4, 0.5) is 14.5 Å². The van der Waals surface area contributed by atoms with Crippen molar-refractivity contribution in [3.05, 3.63) is 60.2 Å². The molecule has 1 unspecified atom stereocenters. The standard InChI is InChI=1S/C15H15F2NS/c1-11(10-18-13-5-3-2-4-6-13)19-15-8-7-12(16)9-14(15)17/h2-9,11,18H,10H2,1H3. The second-order valence-corrected chi connectivity index (χ2v) is 5.73. The number of benzene rings is 2. The third kappa shape index (κ3) is 4.24. The molecule has 0 saturated carbocycles. The molecule has 0 amide bonds. The van der Waals surface area contributed by atoms with E-state index in [1.54, 1.807) is 0 Å². The number of para-hydroxylation sites is 1. The summed E-state index contributed by atoms with van der Waals surface area (Å²) < 4.78 is 26.3. The molecule has 1 N–H and O–H groups in total. The van der Waals surface area contributed by atoms with Crippen LogP contribution in [0.5, 0.6) is 0 Å². The predicted molar refractivity (Wildman–Crippen MR) is 76.6 cm³/mol. The van der Waals surface area contributed by atoms with Crippen molar-refractivity contribution in [2.75, 3.05) is 11.9 Å². The minimum Gasteiger partial charge on any atom is -0.384 e. The van der Waals surface area contributed by atoms with Crippen molar-refractivity contribution < 1.29 is 8.78 Å². The van der Waals surface area contributed by atoms with Crippen molar-refractivity contribution in [2.45, 2.75) is 17.1 Å². The first-order valence-electron chi connectivity index (χ1n) is 6.06. The number of hydrogen-bond donors (Lipinski definition) is 1. The number of rotatable bonds is 5. The molecule has 2 rings (SSSR count). The normalized spacial score (nSPS) is 12.2. The molecule has 1 nitrogen and oxygen atoms in total. The van der Waals surface area contributed by atoms with Gasteiger partial charge in [-0.2, -0.15) is 0 Å². The Bertz CT molecular complexity index is 531. The lowest BCUT2D eigenvalue weighted by molar-refractivity contribution is 0.565. The summed E-state index contributed by atoms with van der Waals surface area (Å²) in [6.07, 6.45) is 0. The van der Waals surface area contributed by atoms with Gasteiger partial charge in [-0.15, -0.1) is 11.8 Å². The SMILES string of the molecule is CC(CNc1ccccc1)Sc1ccc(F)cc1F. The van der Waals surface area contributed by atoms with E-state index in [0.29, 0.717) is 11.4 Å². The highest BCUT2D eigenvalue weighted by Gasteiger charge is 2.09. The van der Waals surface area contributed by atoms with E-state index < -0.39 is 11.6 Å². The van der Waals surface area contributed by atoms with Crippen LogP contribution in [0.25, 0.3) is 0 Å². The Morgan fingerprint density at radius 2 is 1.84 bits per heavy atom. The molecule has 100 valence electrons. The van der Waals surface area contributed by atoms with E-state index in [0.717, 1.165) is 11.8 Å². The third-order valence-electron chi connectivity index (χ3n) is 2.59. The lowest BCUT2D eigenvalue weighted by Gasteiger charge is -2.13. The molecule has 0 aliphatic heterocycles. The second-order valence-electron chi connectivity index (χ2n) is 4.25. The molecule has 0 radical (unpaired) electrons. The first-order valence-corrected chi connectivity index (χ1v) is 6.94. The fourth-order valence-electron chi connectivity index (χ4n) is 1.65. The van der Waals surface area contributed by atoms with E-state index in [-0.39, 0.29) is 5.25 Å². The summed E-state index contributed by atoms with van der Waals surface area (Å²) in [5.41, 5.74) is 1.04. The summed E-state index contributed by atoms with van der Waals surface area (Å²) in [5, 5.41) is 3.46. The van der Waals surface area contributed by atoms with Gasteiger partial charge in [-0.1, -0.05) is 25.1 Å². The summed E-state index contributed by atoms with van der Waals surface area (Å²) in [6.45, 7) is 2.72. The van der Waals surface area contributed by atoms with Crippen LogP contribution < -0.4 is 5.32 Å². The minimum atomic E-state index is -0.545. The van der Waals surface area contributed by atoms with Gasteiger partial charge in [0, 0.05) is 28.4 Å². The number of halogens is 2. The van der Waals surface area contributed by atoms with Crippen LogP contribution in [-0.4, -0.2) is 11.8 Å². The first-order chi connectivity index (χ1) is 9.15. The third-order valence-corrected chi connectivity index (χ3v) is 3.74. The van der Waals surface area contributed by atoms with Crippen LogP contribution in [0.2, 0.25) is 0 Å². The Morgan fingerprint density at radius 3 is 2.53 bits per heavy atom. The van der Waals surface area contributed by atoms with Gasteiger partial charge < -0.3 is 5.32 Å². The smallest absolute Gasteiger partial charge is 0.139 e. The molecule has 19 heavy (non-hydrogen) atoms. The zero-order chi connectivity index (χ0) is 13.7. The van der Waals surface area contributed by atoms with Crippen LogP contribution in [0.1, 0.15) is 6.92 Å². The second kappa shape index (κ2) is 6.57. The predicted octanol–water partition coefficient (Wildman–Crippen LogP) is 4.56. The van der Waals surface area contributed by atoms with Crippen molar-refractivity contribution in [3.8, 4) is 0 Å². The van der Waals surface area contributed by atoms with Gasteiger partial charge >= 0.3 is 0 Å². The molecule has 0 bridgehead atoms. The van der Waals surface area contributed by atoms with Crippen LogP contribution in [0.15, 0.2) is 53.4 Å². The van der Waals surface area contributed by atoms with Crippen LogP contribution in [0, 0.1) is 11.6 Å². The molecule has 0 saturated heterocycles. The Morgan fingerprint density at radius 1 is 1.11 bits per heavy atom. The summed E-state index contributed by atoms with van der Waals surface area (Å²) in [7, 11) is 0. The number of anilines is 1. The maximum atomic E-state index is 13.5. The van der Waals surface area contributed by atoms with Gasteiger partial charge in [-0.3, -0.25) is 0 Å². The number of hydrogen-bond acceptors (Lipinski definition) is 2. The van der Waals surface area contributed by atoms with E-state index >= 15 is 0 Å². The monoisotopic (exact) mass is 279 g/mol. The topological polar surface area (TPSA) is 12.0 Å². The van der Waals surface area contributed by atoms with Gasteiger partial charge in [0.05, 0.1) is 0 Å². The van der Waals surface area contributed by atoms with Crippen molar-refractivity contribution in [3.63, 3.8) is 0 Å². The van der Waals surface area contributed by atoms with E-state index in [4.69, 9.17) is 0 Å². The van der Waals surface area contributed by atoms with E-state index in [9.17, 15) is 8.78 Å². The first kappa shape index (κ1) is 13.9. The van der Waals surface area contributed by atoms with Gasteiger partial charge in [-0.25, -0.2) is 8.78 Å². The molecule has 0 aromatic heterocycles. The quantitative estimate of drug-likeness (QED) is 0.805. The summed E-state index contributed by atoms with van der Waals surface area (Å²) >= 11 is 1.39. The molecule has 1 atom stereocenters. The Kier molecular flexibility index (Phi) is 4.80. The highest BCUT2D eigenvalue weighted by atomic mass is 32.2. The van der Waals surface area contributed by atoms with Gasteiger partial charge in [0.1, 0.15) is 11.6 Å². The maximum absolute atomic E-state index is 13.5. The van der Waals surface area contributed by atoms with Crippen molar-refractivity contribution in [2.24, 2.45) is 0 Å². The lowest BCUT2D eigenvalue weighted by atomic mass is 10.3.